The summed E-state index contributed by atoms with van der Waals surface area (Å²) in [6, 6.07) is 6.08. The maximum absolute atomic E-state index is 5.70. The Morgan fingerprint density at radius 1 is 1.44 bits per heavy atom. The highest BCUT2D eigenvalue weighted by Crippen LogP contribution is 2.28. The highest BCUT2D eigenvalue weighted by atomic mass is 79.9. The molecule has 1 heterocycles. The number of imidazole rings is 1. The monoisotopic (exact) mass is 303 g/mol. The van der Waals surface area contributed by atoms with E-state index in [2.05, 4.69) is 50.2 Å². The largest absolute Gasteiger partial charge is 0.341 e. The van der Waals surface area contributed by atoms with Gasteiger partial charge < -0.3 is 10.7 Å². The van der Waals surface area contributed by atoms with Crippen LogP contribution in [0.2, 0.25) is 0 Å². The van der Waals surface area contributed by atoms with Crippen molar-refractivity contribution in [1.82, 2.24) is 9.97 Å². The summed E-state index contributed by atoms with van der Waals surface area (Å²) in [5.74, 6) is 1.32. The van der Waals surface area contributed by atoms with Crippen LogP contribution >= 0.6 is 15.9 Å². The second-order valence-electron chi connectivity index (χ2n) is 4.51. The van der Waals surface area contributed by atoms with Crippen LogP contribution < -0.4 is 5.73 Å². The van der Waals surface area contributed by atoms with E-state index in [-0.39, 0.29) is 0 Å². The van der Waals surface area contributed by atoms with Gasteiger partial charge in [-0.15, -0.1) is 0 Å². The number of hydrogen-bond donors (Lipinski definition) is 2. The van der Waals surface area contributed by atoms with Gasteiger partial charge in [0.05, 0.1) is 11.0 Å². The van der Waals surface area contributed by atoms with Crippen LogP contribution in [0, 0.1) is 0 Å². The Balaban J connectivity index is 1.96. The van der Waals surface area contributed by atoms with Crippen molar-refractivity contribution < 1.29 is 0 Å². The van der Waals surface area contributed by atoms with E-state index >= 15 is 0 Å². The molecule has 18 heavy (non-hydrogen) atoms. The van der Waals surface area contributed by atoms with Gasteiger partial charge in [-0.3, -0.25) is 0 Å². The van der Waals surface area contributed by atoms with Crippen LogP contribution in [0.4, 0.5) is 0 Å². The molecule has 0 saturated carbocycles. The minimum absolute atomic E-state index is 0.305. The molecule has 1 atom stereocenters. The van der Waals surface area contributed by atoms with Gasteiger partial charge in [0, 0.05) is 16.9 Å². The number of H-pyrrole nitrogens is 1. The van der Waals surface area contributed by atoms with E-state index in [1.54, 1.807) is 0 Å². The molecule has 1 aromatic carbocycles. The average molecular weight is 304 g/mol. The van der Waals surface area contributed by atoms with Crippen molar-refractivity contribution in [2.75, 3.05) is 6.54 Å². The fourth-order valence-electron chi connectivity index (χ4n) is 2.26. The van der Waals surface area contributed by atoms with Crippen LogP contribution in [0.25, 0.3) is 11.0 Å². The number of aromatic amines is 1. The molecule has 0 spiro atoms. The maximum Gasteiger partial charge on any atom is 0.114 e. The summed E-state index contributed by atoms with van der Waals surface area (Å²) in [7, 11) is 0. The lowest BCUT2D eigenvalue weighted by Gasteiger charge is -2.15. The molecule has 4 heteroatoms. The SMILES string of the molecule is NCC1=CC=CC(c2nc3ccc(Br)cc3[nH]2)C1. The van der Waals surface area contributed by atoms with Gasteiger partial charge in [0.1, 0.15) is 5.82 Å². The van der Waals surface area contributed by atoms with Crippen LogP contribution in [-0.2, 0) is 0 Å². The Labute approximate surface area is 114 Å². The molecule has 1 unspecified atom stereocenters. The molecule has 1 aromatic heterocycles. The number of aromatic nitrogens is 2. The van der Waals surface area contributed by atoms with Crippen molar-refractivity contribution >= 4 is 27.0 Å². The minimum atomic E-state index is 0.305. The predicted octanol–water partition coefficient (Wildman–Crippen LogP) is 3.25. The van der Waals surface area contributed by atoms with Crippen molar-refractivity contribution in [3.05, 3.63) is 52.3 Å². The van der Waals surface area contributed by atoms with Gasteiger partial charge in [-0.2, -0.15) is 0 Å². The fourth-order valence-corrected chi connectivity index (χ4v) is 2.62. The summed E-state index contributed by atoms with van der Waals surface area (Å²) in [5, 5.41) is 0. The van der Waals surface area contributed by atoms with Crippen molar-refractivity contribution in [2.45, 2.75) is 12.3 Å². The quantitative estimate of drug-likeness (QED) is 0.895. The second-order valence-corrected chi connectivity index (χ2v) is 5.42. The number of nitrogens with two attached hydrogens (primary N) is 1. The molecule has 3 nitrogen and oxygen atoms in total. The summed E-state index contributed by atoms with van der Waals surface area (Å²) < 4.78 is 1.06. The first kappa shape index (κ1) is 11.7. The fraction of sp³-hybridized carbons (Fsp3) is 0.214. The number of nitrogens with zero attached hydrogens (tertiary/aromatic N) is 1. The number of rotatable bonds is 2. The van der Waals surface area contributed by atoms with Crippen LogP contribution in [0.1, 0.15) is 18.2 Å². The number of benzene rings is 1. The number of nitrogens with one attached hydrogen (secondary N) is 1. The normalized spacial score (nSPS) is 19.2. The third kappa shape index (κ3) is 2.13. The number of hydrogen-bond acceptors (Lipinski definition) is 2. The highest BCUT2D eigenvalue weighted by Gasteiger charge is 2.16. The number of fused-ring (bicyclic) bond motifs is 1. The number of halogens is 1. The molecule has 0 amide bonds. The van der Waals surface area contributed by atoms with Crippen LogP contribution in [0.3, 0.4) is 0 Å². The predicted molar refractivity (Wildman–Crippen MR) is 77.4 cm³/mol. The highest BCUT2D eigenvalue weighted by molar-refractivity contribution is 9.10. The lowest BCUT2D eigenvalue weighted by molar-refractivity contribution is 0.751. The zero-order chi connectivity index (χ0) is 12.5. The molecule has 92 valence electrons. The second kappa shape index (κ2) is 4.71. The zero-order valence-electron chi connectivity index (χ0n) is 9.86. The molecule has 3 rings (SSSR count). The van der Waals surface area contributed by atoms with Crippen molar-refractivity contribution in [1.29, 1.82) is 0 Å². The van der Waals surface area contributed by atoms with Gasteiger partial charge in [0.2, 0.25) is 0 Å². The van der Waals surface area contributed by atoms with E-state index in [0.29, 0.717) is 12.5 Å². The van der Waals surface area contributed by atoms with E-state index in [1.165, 1.54) is 5.57 Å². The summed E-state index contributed by atoms with van der Waals surface area (Å²) in [4.78, 5) is 8.04. The Morgan fingerprint density at radius 3 is 3.17 bits per heavy atom. The van der Waals surface area contributed by atoms with Gasteiger partial charge in [0.15, 0.2) is 0 Å². The van der Waals surface area contributed by atoms with Crippen LogP contribution in [0.5, 0.6) is 0 Å². The third-order valence-electron chi connectivity index (χ3n) is 3.23. The molecule has 3 N–H and O–H groups in total. The smallest absolute Gasteiger partial charge is 0.114 e. The van der Waals surface area contributed by atoms with Crippen molar-refractivity contribution in [3.8, 4) is 0 Å². The molecule has 0 saturated heterocycles. The Kier molecular flexibility index (Phi) is 3.06. The van der Waals surface area contributed by atoms with Crippen LogP contribution in [0.15, 0.2) is 46.5 Å². The molecule has 1 aliphatic rings. The van der Waals surface area contributed by atoms with E-state index in [9.17, 15) is 0 Å². The topological polar surface area (TPSA) is 54.7 Å². The van der Waals surface area contributed by atoms with E-state index in [0.717, 1.165) is 27.8 Å². The van der Waals surface area contributed by atoms with Crippen LogP contribution in [-0.4, -0.2) is 16.5 Å². The molecule has 1 aliphatic carbocycles. The summed E-state index contributed by atoms with van der Waals surface area (Å²) in [5.41, 5.74) is 9.04. The molecule has 2 aromatic rings. The summed E-state index contributed by atoms with van der Waals surface area (Å²) >= 11 is 3.47. The summed E-state index contributed by atoms with van der Waals surface area (Å²) in [6.07, 6.45) is 7.29. The van der Waals surface area contributed by atoms with Gasteiger partial charge in [-0.1, -0.05) is 39.7 Å². The van der Waals surface area contributed by atoms with Gasteiger partial charge >= 0.3 is 0 Å². The van der Waals surface area contributed by atoms with E-state index < -0.39 is 0 Å². The molecule has 0 fully saturated rings. The van der Waals surface area contributed by atoms with Crippen molar-refractivity contribution in [2.24, 2.45) is 5.73 Å². The minimum Gasteiger partial charge on any atom is -0.341 e. The molecule has 0 radical (unpaired) electrons. The Morgan fingerprint density at radius 2 is 2.33 bits per heavy atom. The van der Waals surface area contributed by atoms with Crippen molar-refractivity contribution in [3.63, 3.8) is 0 Å². The van der Waals surface area contributed by atoms with E-state index in [1.807, 2.05) is 12.1 Å². The Bertz CT molecular complexity index is 640. The lowest BCUT2D eigenvalue weighted by Crippen LogP contribution is -2.10. The first-order valence-electron chi connectivity index (χ1n) is 5.98. The first-order chi connectivity index (χ1) is 8.76. The molecular weight excluding hydrogens is 290 g/mol. The molecule has 0 aliphatic heterocycles. The van der Waals surface area contributed by atoms with Gasteiger partial charge in [-0.25, -0.2) is 4.98 Å². The van der Waals surface area contributed by atoms with Gasteiger partial charge in [-0.05, 0) is 24.6 Å². The standard InChI is InChI=1S/C14H14BrN3/c15-11-4-5-12-13(7-11)18-14(17-12)10-3-1-2-9(6-10)8-16/h1-5,7,10H,6,8,16H2,(H,17,18). The summed E-state index contributed by atoms with van der Waals surface area (Å²) in [6.45, 7) is 0.618. The third-order valence-corrected chi connectivity index (χ3v) is 3.73. The first-order valence-corrected chi connectivity index (χ1v) is 6.77. The van der Waals surface area contributed by atoms with E-state index in [4.69, 9.17) is 5.73 Å². The van der Waals surface area contributed by atoms with Gasteiger partial charge in [0.25, 0.3) is 0 Å². The molecular formula is C14H14BrN3. The number of allylic oxidation sites excluding steroid dienone is 3. The lowest BCUT2D eigenvalue weighted by atomic mass is 9.94. The molecule has 0 bridgehead atoms. The maximum atomic E-state index is 5.70. The zero-order valence-corrected chi connectivity index (χ0v) is 11.4. The Hall–Kier alpha value is -1.39. The average Bonchev–Trinajstić information content (AvgIpc) is 2.81.